The maximum Gasteiger partial charge on any atom is 0.490 e. The number of benzene rings is 3. The molecule has 4 aromatic rings. The van der Waals surface area contributed by atoms with E-state index in [4.69, 9.17) is 14.6 Å². The average Bonchev–Trinajstić information content (AvgIpc) is 3.23. The first kappa shape index (κ1) is 42.9. The van der Waals surface area contributed by atoms with Crippen LogP contribution in [0, 0.1) is 11.8 Å². The minimum absolute atomic E-state index is 0.0766. The number of hydrogen-bond acceptors (Lipinski definition) is 6. The second-order valence-corrected chi connectivity index (χ2v) is 14.9. The summed E-state index contributed by atoms with van der Waals surface area (Å²) in [6.07, 6.45) is 8.41. The van der Waals surface area contributed by atoms with Crippen LogP contribution in [-0.2, 0) is 29.0 Å². The lowest BCUT2D eigenvalue weighted by Crippen LogP contribution is -2.38. The molecular formula is C45H53F3N4O5. The molecular weight excluding hydrogens is 734 g/mol. The van der Waals surface area contributed by atoms with Crippen molar-refractivity contribution < 1.29 is 37.4 Å². The Morgan fingerprint density at radius 2 is 1.44 bits per heavy atom. The number of carbonyl (C=O) groups excluding carboxylic acids is 2. The summed E-state index contributed by atoms with van der Waals surface area (Å²) in [4.78, 5) is 44.4. The fraction of sp³-hybridized carbons (Fsp3) is 0.422. The van der Waals surface area contributed by atoms with Gasteiger partial charge in [0.05, 0.1) is 13.5 Å². The van der Waals surface area contributed by atoms with Crippen LogP contribution in [0.5, 0.6) is 5.75 Å². The van der Waals surface area contributed by atoms with Gasteiger partial charge in [0.1, 0.15) is 5.75 Å². The van der Waals surface area contributed by atoms with Crippen LogP contribution in [0.3, 0.4) is 0 Å². The van der Waals surface area contributed by atoms with E-state index in [1.54, 1.807) is 19.5 Å². The second-order valence-electron chi connectivity index (χ2n) is 14.9. The van der Waals surface area contributed by atoms with Gasteiger partial charge in [-0.1, -0.05) is 61.7 Å². The highest BCUT2D eigenvalue weighted by molar-refractivity contribution is 5.95. The Morgan fingerprint density at radius 3 is 2.07 bits per heavy atom. The van der Waals surface area contributed by atoms with Gasteiger partial charge in [-0.05, 0) is 127 Å². The van der Waals surface area contributed by atoms with E-state index in [1.165, 1.54) is 45.2 Å². The van der Waals surface area contributed by atoms with Gasteiger partial charge in [-0.2, -0.15) is 13.2 Å². The Hall–Kier alpha value is -5.23. The Morgan fingerprint density at radius 1 is 0.825 bits per heavy atom. The number of ether oxygens (including phenoxy) is 1. The average molecular weight is 787 g/mol. The van der Waals surface area contributed by atoms with Gasteiger partial charge in [0.2, 0.25) is 5.91 Å². The summed E-state index contributed by atoms with van der Waals surface area (Å²) in [6, 6.07) is 28.1. The summed E-state index contributed by atoms with van der Waals surface area (Å²) in [5, 5.41) is 10.6. The molecule has 0 spiro atoms. The number of aromatic nitrogens is 1. The molecule has 0 aliphatic carbocycles. The highest BCUT2D eigenvalue weighted by Crippen LogP contribution is 2.28. The number of carboxylic acids is 1. The number of likely N-dealkylation sites (tertiary alicyclic amines) is 1. The highest BCUT2D eigenvalue weighted by atomic mass is 19.4. The van der Waals surface area contributed by atoms with E-state index in [9.17, 15) is 22.8 Å². The zero-order valence-electron chi connectivity index (χ0n) is 32.6. The number of rotatable bonds is 14. The molecule has 9 nitrogen and oxygen atoms in total. The van der Waals surface area contributed by atoms with Crippen molar-refractivity contribution in [2.75, 3.05) is 39.8 Å². The van der Waals surface area contributed by atoms with Crippen LogP contribution in [0.15, 0.2) is 97.3 Å². The molecule has 57 heavy (non-hydrogen) atoms. The number of halogens is 3. The molecule has 2 aliphatic rings. The van der Waals surface area contributed by atoms with Gasteiger partial charge in [-0.25, -0.2) is 4.79 Å². The number of methoxy groups -OCH3 is 1. The zero-order valence-corrected chi connectivity index (χ0v) is 32.6. The van der Waals surface area contributed by atoms with Crippen LogP contribution in [0.1, 0.15) is 72.0 Å². The number of carboxylic acid groups (broad SMARTS) is 1. The van der Waals surface area contributed by atoms with Crippen LogP contribution in [0.4, 0.5) is 13.2 Å². The van der Waals surface area contributed by atoms with E-state index in [1.807, 2.05) is 70.5 Å². The molecule has 0 atom stereocenters. The predicted octanol–water partition coefficient (Wildman–Crippen LogP) is 8.23. The van der Waals surface area contributed by atoms with E-state index in [0.717, 1.165) is 83.3 Å². The van der Waals surface area contributed by atoms with E-state index < -0.39 is 12.1 Å². The lowest BCUT2D eigenvalue weighted by molar-refractivity contribution is -0.192. The maximum atomic E-state index is 13.7. The first-order valence-electron chi connectivity index (χ1n) is 19.8. The third-order valence-corrected chi connectivity index (χ3v) is 10.9. The van der Waals surface area contributed by atoms with Crippen LogP contribution in [-0.4, -0.2) is 83.7 Å². The van der Waals surface area contributed by atoms with Gasteiger partial charge >= 0.3 is 12.1 Å². The van der Waals surface area contributed by atoms with E-state index in [2.05, 4.69) is 34.6 Å². The van der Waals surface area contributed by atoms with Crippen molar-refractivity contribution in [3.05, 3.63) is 120 Å². The predicted molar refractivity (Wildman–Crippen MR) is 214 cm³/mol. The zero-order chi connectivity index (χ0) is 40.6. The lowest BCUT2D eigenvalue weighted by Gasteiger charge is -2.32. The lowest BCUT2D eigenvalue weighted by atomic mass is 9.87. The first-order chi connectivity index (χ1) is 27.5. The van der Waals surface area contributed by atoms with E-state index in [0.29, 0.717) is 19.5 Å². The first-order valence-corrected chi connectivity index (χ1v) is 19.8. The second kappa shape index (κ2) is 21.3. The van der Waals surface area contributed by atoms with Crippen molar-refractivity contribution in [1.82, 2.24) is 20.1 Å². The smallest absolute Gasteiger partial charge is 0.490 e. The van der Waals surface area contributed by atoms with Crippen molar-refractivity contribution in [3.8, 4) is 16.9 Å². The number of carbonyl (C=O) groups is 3. The minimum Gasteiger partial charge on any atom is -0.497 e. The van der Waals surface area contributed by atoms with Crippen LogP contribution >= 0.6 is 0 Å². The van der Waals surface area contributed by atoms with Gasteiger partial charge < -0.3 is 25.0 Å². The standard InChI is InChI=1S/C43H52N4O3.C2HF3O2/c1-50-41-13-11-36(12-14-41)30-42(48)47(28-21-35-17-24-45-25-18-35)32-37-7-3-8-38(29-37)39-9-4-10-40(31-39)43(49)46-26-19-34(20-27-46)6-2-5-33-15-22-44-23-16-33;3-2(4,5)1(6)7/h3-4,7-14,17-18,24-25,29,31,33-34,44H,2,5-6,15-16,19-23,26-28,30,32H2,1H3;(H,6,7). The summed E-state index contributed by atoms with van der Waals surface area (Å²) < 4.78 is 37.0. The molecule has 0 unspecified atom stereocenters. The number of amides is 2. The Kier molecular flexibility index (Phi) is 16.1. The van der Waals surface area contributed by atoms with Gasteiger partial charge in [0.25, 0.3) is 5.91 Å². The quantitative estimate of drug-likeness (QED) is 0.133. The van der Waals surface area contributed by atoms with E-state index >= 15 is 0 Å². The number of nitrogens with one attached hydrogen (secondary N) is 1. The van der Waals surface area contributed by atoms with Crippen LogP contribution in [0.2, 0.25) is 0 Å². The van der Waals surface area contributed by atoms with E-state index in [-0.39, 0.29) is 11.8 Å². The molecule has 3 aromatic carbocycles. The summed E-state index contributed by atoms with van der Waals surface area (Å²) >= 11 is 0. The fourth-order valence-electron chi connectivity index (χ4n) is 7.51. The molecule has 3 heterocycles. The normalized spacial score (nSPS) is 15.0. The summed E-state index contributed by atoms with van der Waals surface area (Å²) in [5.41, 5.74) is 5.95. The highest BCUT2D eigenvalue weighted by Gasteiger charge is 2.38. The summed E-state index contributed by atoms with van der Waals surface area (Å²) in [7, 11) is 1.64. The molecule has 12 heteroatoms. The van der Waals surface area contributed by atoms with Crippen molar-refractivity contribution in [1.29, 1.82) is 0 Å². The van der Waals surface area contributed by atoms with Gasteiger partial charge in [0, 0.05) is 44.1 Å². The third kappa shape index (κ3) is 13.7. The number of pyridine rings is 1. The maximum absolute atomic E-state index is 13.7. The molecule has 2 amide bonds. The molecule has 0 bridgehead atoms. The number of nitrogens with zero attached hydrogens (tertiary/aromatic N) is 3. The Bertz CT molecular complexity index is 1880. The van der Waals surface area contributed by atoms with Gasteiger partial charge in [0.15, 0.2) is 0 Å². The van der Waals surface area contributed by atoms with Crippen molar-refractivity contribution in [2.24, 2.45) is 11.8 Å². The number of hydrogen-bond donors (Lipinski definition) is 2. The van der Waals surface area contributed by atoms with Crippen molar-refractivity contribution in [3.63, 3.8) is 0 Å². The van der Waals surface area contributed by atoms with Gasteiger partial charge in [-0.15, -0.1) is 0 Å². The minimum atomic E-state index is -5.08. The van der Waals surface area contributed by atoms with Crippen LogP contribution < -0.4 is 10.1 Å². The molecule has 2 N–H and O–H groups in total. The van der Waals surface area contributed by atoms with Gasteiger partial charge in [-0.3, -0.25) is 14.6 Å². The summed E-state index contributed by atoms with van der Waals surface area (Å²) in [6.45, 7) is 5.14. The molecule has 304 valence electrons. The molecule has 1 aromatic heterocycles. The molecule has 2 saturated heterocycles. The molecule has 2 fully saturated rings. The molecule has 0 saturated carbocycles. The SMILES string of the molecule is COc1ccc(CC(=O)N(CCc2ccncc2)Cc2cccc(-c3cccc(C(=O)N4CCC(CCCC5CCNCC5)CC4)c3)c2)cc1.O=C(O)C(F)(F)F. The fourth-order valence-corrected chi connectivity index (χ4v) is 7.51. The molecule has 0 radical (unpaired) electrons. The Labute approximate surface area is 333 Å². The third-order valence-electron chi connectivity index (χ3n) is 10.9. The largest absolute Gasteiger partial charge is 0.497 e. The number of piperidine rings is 2. The number of alkyl halides is 3. The Balaban J connectivity index is 0.000000811. The van der Waals surface area contributed by atoms with Crippen LogP contribution in [0.25, 0.3) is 11.1 Å². The molecule has 2 aliphatic heterocycles. The van der Waals surface area contributed by atoms with Crippen molar-refractivity contribution >= 4 is 17.8 Å². The topological polar surface area (TPSA) is 112 Å². The monoisotopic (exact) mass is 786 g/mol. The number of aliphatic carboxylic acids is 1. The van der Waals surface area contributed by atoms with Crippen molar-refractivity contribution in [2.45, 2.75) is 70.5 Å². The molecule has 6 rings (SSSR count). The summed E-state index contributed by atoms with van der Waals surface area (Å²) in [5.74, 6) is -0.142.